The molecule has 1 aliphatic heterocycles. The Labute approximate surface area is 243 Å². The summed E-state index contributed by atoms with van der Waals surface area (Å²) in [5.74, 6) is -3.56. The lowest BCUT2D eigenvalue weighted by molar-refractivity contribution is -0.00277. The molecule has 1 heterocycles. The molecule has 41 heavy (non-hydrogen) atoms. The maximum absolute atomic E-state index is 15.2. The molecule has 0 N–H and O–H groups in total. The minimum absolute atomic E-state index is 0.146. The van der Waals surface area contributed by atoms with Crippen LogP contribution in [0, 0.1) is 23.3 Å². The van der Waals surface area contributed by atoms with Crippen LogP contribution in [0.25, 0.3) is 22.3 Å². The van der Waals surface area contributed by atoms with Crippen LogP contribution in [-0.2, 0) is 11.2 Å². The highest BCUT2D eigenvalue weighted by molar-refractivity contribution is 5.71. The van der Waals surface area contributed by atoms with Crippen LogP contribution in [0.3, 0.4) is 0 Å². The number of rotatable bonds is 14. The van der Waals surface area contributed by atoms with E-state index in [9.17, 15) is 8.78 Å². The molecule has 2 unspecified atom stereocenters. The molecule has 0 aromatic heterocycles. The second-order valence-corrected chi connectivity index (χ2v) is 11.6. The highest BCUT2D eigenvalue weighted by Gasteiger charge is 2.27. The van der Waals surface area contributed by atoms with Gasteiger partial charge in [-0.3, -0.25) is 0 Å². The minimum Gasteiger partial charge on any atom is -0.378 e. The lowest BCUT2D eigenvalue weighted by Crippen LogP contribution is -2.25. The maximum atomic E-state index is 15.2. The lowest BCUT2D eigenvalue weighted by atomic mass is 9.88. The van der Waals surface area contributed by atoms with E-state index in [0.29, 0.717) is 35.3 Å². The van der Waals surface area contributed by atoms with Crippen molar-refractivity contribution in [1.82, 2.24) is 0 Å². The van der Waals surface area contributed by atoms with Gasteiger partial charge < -0.3 is 4.74 Å². The lowest BCUT2D eigenvalue weighted by Gasteiger charge is -2.29. The van der Waals surface area contributed by atoms with E-state index < -0.39 is 23.3 Å². The Morgan fingerprint density at radius 1 is 0.610 bits per heavy atom. The average molecular weight is 569 g/mol. The zero-order chi connectivity index (χ0) is 29.2. The van der Waals surface area contributed by atoms with Gasteiger partial charge >= 0.3 is 0 Å². The van der Waals surface area contributed by atoms with Crippen molar-refractivity contribution in [2.75, 3.05) is 6.61 Å². The molecule has 1 aliphatic rings. The fraction of sp³-hybridized carbons (Fsp3) is 0.500. The second-order valence-electron chi connectivity index (χ2n) is 11.6. The molecule has 0 saturated carbocycles. The molecule has 4 rings (SSSR count). The third kappa shape index (κ3) is 8.00. The van der Waals surface area contributed by atoms with Gasteiger partial charge in [-0.1, -0.05) is 114 Å². The molecule has 0 spiro atoms. The molecule has 3 aromatic carbocycles. The Morgan fingerprint density at radius 2 is 1.20 bits per heavy atom. The largest absolute Gasteiger partial charge is 0.378 e. The van der Waals surface area contributed by atoms with E-state index in [1.807, 2.05) is 0 Å². The van der Waals surface area contributed by atoms with E-state index in [4.69, 9.17) is 4.74 Å². The molecule has 1 fully saturated rings. The molecule has 1 nitrogen and oxygen atoms in total. The fourth-order valence-corrected chi connectivity index (χ4v) is 5.93. The van der Waals surface area contributed by atoms with Crippen molar-refractivity contribution in [1.29, 1.82) is 0 Å². The summed E-state index contributed by atoms with van der Waals surface area (Å²) in [5.41, 5.74) is 2.02. The smallest absolute Gasteiger partial charge is 0.166 e. The van der Waals surface area contributed by atoms with Crippen molar-refractivity contribution in [3.63, 3.8) is 0 Å². The second kappa shape index (κ2) is 15.5. The Kier molecular flexibility index (Phi) is 11.9. The van der Waals surface area contributed by atoms with Crippen molar-refractivity contribution < 1.29 is 22.3 Å². The van der Waals surface area contributed by atoms with Crippen molar-refractivity contribution >= 4 is 0 Å². The van der Waals surface area contributed by atoms with Crippen LogP contribution >= 0.6 is 0 Å². The first-order chi connectivity index (χ1) is 19.9. The van der Waals surface area contributed by atoms with Crippen LogP contribution in [0.1, 0.15) is 108 Å². The number of unbranched alkanes of at least 4 members (excludes halogenated alkanes) is 7. The normalized spacial score (nSPS) is 17.2. The van der Waals surface area contributed by atoms with Crippen LogP contribution in [0.2, 0.25) is 0 Å². The zero-order valence-corrected chi connectivity index (χ0v) is 24.6. The van der Waals surface area contributed by atoms with Crippen LogP contribution in [-0.4, -0.2) is 12.7 Å². The van der Waals surface area contributed by atoms with Crippen LogP contribution in [0.15, 0.2) is 48.5 Å². The molecule has 222 valence electrons. The fourth-order valence-electron chi connectivity index (χ4n) is 5.93. The summed E-state index contributed by atoms with van der Waals surface area (Å²) in [6.45, 7) is 4.74. The van der Waals surface area contributed by atoms with Gasteiger partial charge in [-0.15, -0.1) is 0 Å². The topological polar surface area (TPSA) is 9.23 Å². The molecule has 5 heteroatoms. The van der Waals surface area contributed by atoms with Crippen molar-refractivity contribution in [3.8, 4) is 22.3 Å². The van der Waals surface area contributed by atoms with E-state index in [1.165, 1.54) is 25.7 Å². The summed E-state index contributed by atoms with van der Waals surface area (Å²) in [6, 6.07) is 13.0. The molecule has 0 bridgehead atoms. The van der Waals surface area contributed by atoms with Crippen LogP contribution < -0.4 is 0 Å². The summed E-state index contributed by atoms with van der Waals surface area (Å²) in [4.78, 5) is 0. The van der Waals surface area contributed by atoms with Gasteiger partial charge in [0, 0.05) is 17.0 Å². The van der Waals surface area contributed by atoms with E-state index >= 15 is 8.78 Å². The molecule has 0 aliphatic carbocycles. The predicted molar refractivity (Wildman–Crippen MR) is 160 cm³/mol. The van der Waals surface area contributed by atoms with Gasteiger partial charge in [0.25, 0.3) is 0 Å². The van der Waals surface area contributed by atoms with Gasteiger partial charge in [-0.05, 0) is 54.4 Å². The van der Waals surface area contributed by atoms with Gasteiger partial charge in [0.1, 0.15) is 0 Å². The standard InChI is InChI=1S/C36H44F4O/c1-3-5-7-8-9-11-12-27-19-21-30(34(38)33(27)37)25-14-16-26(17-15-25)31-22-23-32(36(40)35(31)39)28-18-20-29(41-24-28)13-10-6-4-2/h14-17,19,21-23,28-29H,3-13,18,20,24H2,1-2H3. The van der Waals surface area contributed by atoms with Crippen molar-refractivity contribution in [3.05, 3.63) is 82.9 Å². The molecule has 0 radical (unpaired) electrons. The zero-order valence-electron chi connectivity index (χ0n) is 24.6. The van der Waals surface area contributed by atoms with Gasteiger partial charge in [-0.25, -0.2) is 17.6 Å². The predicted octanol–water partition coefficient (Wildman–Crippen LogP) is 11.3. The number of hydrogen-bond donors (Lipinski definition) is 0. The van der Waals surface area contributed by atoms with Gasteiger partial charge in [0.2, 0.25) is 0 Å². The SMILES string of the molecule is CCCCCCCCc1ccc(-c2ccc(-c3ccc(C4CCC(CCCCC)OC4)c(F)c3F)cc2)c(F)c1F. The van der Waals surface area contributed by atoms with Gasteiger partial charge in [-0.2, -0.15) is 0 Å². The minimum atomic E-state index is -0.892. The number of hydrogen-bond acceptors (Lipinski definition) is 1. The summed E-state index contributed by atoms with van der Waals surface area (Å²) in [6.07, 6.45) is 13.4. The summed E-state index contributed by atoms with van der Waals surface area (Å²) < 4.78 is 66.2. The third-order valence-corrected chi connectivity index (χ3v) is 8.52. The molecular formula is C36H44F4O. The first-order valence-corrected chi connectivity index (χ1v) is 15.6. The summed E-state index contributed by atoms with van der Waals surface area (Å²) in [5, 5.41) is 0. The molecule has 0 amide bonds. The third-order valence-electron chi connectivity index (χ3n) is 8.52. The molecular weight excluding hydrogens is 524 g/mol. The maximum Gasteiger partial charge on any atom is 0.166 e. The van der Waals surface area contributed by atoms with Gasteiger partial charge in [0.05, 0.1) is 12.7 Å². The monoisotopic (exact) mass is 568 g/mol. The highest BCUT2D eigenvalue weighted by atomic mass is 19.2. The van der Waals surface area contributed by atoms with E-state index in [2.05, 4.69) is 13.8 Å². The van der Waals surface area contributed by atoms with Crippen molar-refractivity contribution in [2.24, 2.45) is 0 Å². The van der Waals surface area contributed by atoms with Crippen LogP contribution in [0.5, 0.6) is 0 Å². The van der Waals surface area contributed by atoms with Gasteiger partial charge in [0.15, 0.2) is 23.3 Å². The first-order valence-electron chi connectivity index (χ1n) is 15.6. The number of aryl methyl sites for hydroxylation is 1. The van der Waals surface area contributed by atoms with Crippen LogP contribution in [0.4, 0.5) is 17.6 Å². The molecule has 3 aromatic rings. The Morgan fingerprint density at radius 3 is 1.83 bits per heavy atom. The Balaban J connectivity index is 1.41. The van der Waals surface area contributed by atoms with E-state index in [-0.39, 0.29) is 23.1 Å². The summed E-state index contributed by atoms with van der Waals surface area (Å²) >= 11 is 0. The first kappa shape index (κ1) is 31.3. The quantitative estimate of drug-likeness (QED) is 0.139. The van der Waals surface area contributed by atoms with E-state index in [0.717, 1.165) is 51.4 Å². The molecule has 2 atom stereocenters. The Hall–Kier alpha value is -2.66. The number of halogens is 4. The average Bonchev–Trinajstić information content (AvgIpc) is 2.99. The van der Waals surface area contributed by atoms with Crippen molar-refractivity contribution in [2.45, 2.75) is 109 Å². The number of benzene rings is 3. The van der Waals surface area contributed by atoms with E-state index in [1.54, 1.807) is 48.5 Å². The Bertz CT molecular complexity index is 1250. The number of ether oxygens (including phenoxy) is 1. The molecule has 1 saturated heterocycles. The summed E-state index contributed by atoms with van der Waals surface area (Å²) in [7, 11) is 0. The highest BCUT2D eigenvalue weighted by Crippen LogP contribution is 2.36.